The van der Waals surface area contributed by atoms with Gasteiger partial charge in [-0.2, -0.15) is 0 Å². The largest absolute Gasteiger partial charge is 0.354 e. The van der Waals surface area contributed by atoms with Gasteiger partial charge >= 0.3 is 0 Å². The van der Waals surface area contributed by atoms with Gasteiger partial charge in [-0.1, -0.05) is 74.8 Å². The number of amides is 2. The van der Waals surface area contributed by atoms with E-state index >= 15 is 0 Å². The number of hydrogen-bond acceptors (Lipinski definition) is 4. The van der Waals surface area contributed by atoms with E-state index in [1.807, 2.05) is 40.7 Å². The van der Waals surface area contributed by atoms with Crippen LogP contribution in [-0.4, -0.2) is 44.3 Å². The first kappa shape index (κ1) is 31.2. The first-order chi connectivity index (χ1) is 18.9. The quantitative estimate of drug-likeness (QED) is 0.295. The molecule has 40 heavy (non-hydrogen) atoms. The second-order valence-electron chi connectivity index (χ2n) is 10.3. The maximum absolute atomic E-state index is 14.1. The van der Waals surface area contributed by atoms with Gasteiger partial charge in [0.05, 0.1) is 10.6 Å². The molecule has 3 aromatic carbocycles. The van der Waals surface area contributed by atoms with Crippen LogP contribution < -0.4 is 9.62 Å². The van der Waals surface area contributed by atoms with E-state index in [0.717, 1.165) is 21.0 Å². The minimum atomic E-state index is -4.11. The van der Waals surface area contributed by atoms with Crippen molar-refractivity contribution < 1.29 is 18.0 Å². The summed E-state index contributed by atoms with van der Waals surface area (Å²) in [7, 11) is -4.11. The standard InChI is InChI=1S/C31H38ClN3O4S/c1-6-28(31(37)33-19-22(2)3)34(20-25-15-17-26(32)18-16-25)30(36)21-35(29-14-10-11-23(4)24(29)5)40(38,39)27-12-8-7-9-13-27/h7-18,22,28H,6,19-21H2,1-5H3,(H,33,37)/t28-/m1/s1. The second-order valence-corrected chi connectivity index (χ2v) is 12.6. The number of sulfonamides is 1. The van der Waals surface area contributed by atoms with E-state index in [0.29, 0.717) is 23.7 Å². The molecule has 0 aliphatic heterocycles. The molecule has 0 saturated heterocycles. The lowest BCUT2D eigenvalue weighted by Gasteiger charge is -2.34. The predicted octanol–water partition coefficient (Wildman–Crippen LogP) is 5.73. The molecule has 1 N–H and O–H groups in total. The van der Waals surface area contributed by atoms with Gasteiger partial charge in [0, 0.05) is 18.1 Å². The van der Waals surface area contributed by atoms with Crippen LogP contribution in [-0.2, 0) is 26.2 Å². The summed E-state index contributed by atoms with van der Waals surface area (Å²) in [6.45, 7) is 9.68. The summed E-state index contributed by atoms with van der Waals surface area (Å²) in [5.74, 6) is -0.526. The molecule has 0 spiro atoms. The number of nitrogens with one attached hydrogen (secondary N) is 1. The number of carbonyl (C=O) groups excluding carboxylic acids is 2. The smallest absolute Gasteiger partial charge is 0.264 e. The molecule has 214 valence electrons. The van der Waals surface area contributed by atoms with Crippen LogP contribution in [0.4, 0.5) is 5.69 Å². The van der Waals surface area contributed by atoms with E-state index in [-0.39, 0.29) is 23.3 Å². The molecule has 0 aliphatic rings. The number of aryl methyl sites for hydroxylation is 1. The molecule has 7 nitrogen and oxygen atoms in total. The third-order valence-corrected chi connectivity index (χ3v) is 8.82. The molecule has 0 saturated carbocycles. The SMILES string of the molecule is CC[C@H](C(=O)NCC(C)C)N(Cc1ccc(Cl)cc1)C(=O)CN(c1cccc(C)c1C)S(=O)(=O)c1ccccc1. The average Bonchev–Trinajstić information content (AvgIpc) is 2.93. The number of benzene rings is 3. The van der Waals surface area contributed by atoms with Gasteiger partial charge in [-0.05, 0) is 73.2 Å². The fourth-order valence-electron chi connectivity index (χ4n) is 4.37. The van der Waals surface area contributed by atoms with Crippen molar-refractivity contribution in [1.82, 2.24) is 10.2 Å². The van der Waals surface area contributed by atoms with Gasteiger partial charge in [-0.3, -0.25) is 13.9 Å². The van der Waals surface area contributed by atoms with Crippen LogP contribution >= 0.6 is 11.6 Å². The highest BCUT2D eigenvalue weighted by Gasteiger charge is 2.34. The van der Waals surface area contributed by atoms with E-state index in [1.165, 1.54) is 17.0 Å². The van der Waals surface area contributed by atoms with Crippen molar-refractivity contribution in [2.45, 2.75) is 58.5 Å². The number of hydrogen-bond donors (Lipinski definition) is 1. The highest BCUT2D eigenvalue weighted by Crippen LogP contribution is 2.29. The highest BCUT2D eigenvalue weighted by atomic mass is 35.5. The Balaban J connectivity index is 2.07. The molecular weight excluding hydrogens is 546 g/mol. The Morgan fingerprint density at radius 1 is 0.925 bits per heavy atom. The van der Waals surface area contributed by atoms with Gasteiger partial charge in [0.1, 0.15) is 12.6 Å². The van der Waals surface area contributed by atoms with Crippen LogP contribution in [0.3, 0.4) is 0 Å². The molecule has 3 aromatic rings. The van der Waals surface area contributed by atoms with Gasteiger partial charge in [0.2, 0.25) is 11.8 Å². The Morgan fingerprint density at radius 2 is 1.57 bits per heavy atom. The predicted molar refractivity (Wildman–Crippen MR) is 161 cm³/mol. The van der Waals surface area contributed by atoms with Crippen LogP contribution in [0.25, 0.3) is 0 Å². The van der Waals surface area contributed by atoms with Crippen molar-refractivity contribution in [3.8, 4) is 0 Å². The van der Waals surface area contributed by atoms with E-state index < -0.39 is 28.5 Å². The van der Waals surface area contributed by atoms with Crippen LogP contribution in [0.1, 0.15) is 43.9 Å². The topological polar surface area (TPSA) is 86.8 Å². The Labute approximate surface area is 243 Å². The van der Waals surface area contributed by atoms with Crippen molar-refractivity contribution in [2.24, 2.45) is 5.92 Å². The van der Waals surface area contributed by atoms with Crippen molar-refractivity contribution in [3.05, 3.63) is 94.5 Å². The zero-order chi connectivity index (χ0) is 29.4. The van der Waals surface area contributed by atoms with Crippen molar-refractivity contribution in [1.29, 1.82) is 0 Å². The van der Waals surface area contributed by atoms with Crippen LogP contribution in [0.2, 0.25) is 5.02 Å². The third kappa shape index (κ3) is 7.64. The van der Waals surface area contributed by atoms with Crippen molar-refractivity contribution in [3.63, 3.8) is 0 Å². The first-order valence-electron chi connectivity index (χ1n) is 13.4. The van der Waals surface area contributed by atoms with Crippen molar-refractivity contribution >= 4 is 39.1 Å². The summed E-state index contributed by atoms with van der Waals surface area (Å²) in [4.78, 5) is 29.0. The zero-order valence-corrected chi connectivity index (χ0v) is 25.3. The number of rotatable bonds is 12. The summed E-state index contributed by atoms with van der Waals surface area (Å²) >= 11 is 6.08. The summed E-state index contributed by atoms with van der Waals surface area (Å²) in [6, 6.07) is 19.7. The molecular formula is C31H38ClN3O4S. The summed E-state index contributed by atoms with van der Waals surface area (Å²) in [5, 5.41) is 3.49. The van der Waals surface area contributed by atoms with Crippen LogP contribution in [0, 0.1) is 19.8 Å². The Bertz CT molecular complexity index is 1410. The van der Waals surface area contributed by atoms with Crippen LogP contribution in [0.15, 0.2) is 77.7 Å². The molecule has 9 heteroatoms. The Hall–Kier alpha value is -3.36. The zero-order valence-electron chi connectivity index (χ0n) is 23.7. The fourth-order valence-corrected chi connectivity index (χ4v) is 5.99. The van der Waals surface area contributed by atoms with Crippen molar-refractivity contribution in [2.75, 3.05) is 17.4 Å². The van der Waals surface area contributed by atoms with Crippen LogP contribution in [0.5, 0.6) is 0 Å². The lowest BCUT2D eigenvalue weighted by molar-refractivity contribution is -0.140. The number of carbonyl (C=O) groups is 2. The number of anilines is 1. The molecule has 2 amide bonds. The minimum absolute atomic E-state index is 0.0784. The molecule has 0 aliphatic carbocycles. The average molecular weight is 584 g/mol. The molecule has 0 aromatic heterocycles. The summed E-state index contributed by atoms with van der Waals surface area (Å²) < 4.78 is 29.1. The summed E-state index contributed by atoms with van der Waals surface area (Å²) in [6.07, 6.45) is 0.359. The monoisotopic (exact) mass is 583 g/mol. The van der Waals surface area contributed by atoms with Gasteiger partial charge in [0.25, 0.3) is 10.0 Å². The van der Waals surface area contributed by atoms with Gasteiger partial charge in [-0.15, -0.1) is 0 Å². The molecule has 0 fully saturated rings. The van der Waals surface area contributed by atoms with E-state index in [2.05, 4.69) is 5.32 Å². The Kier molecular flexibility index (Phi) is 10.8. The third-order valence-electron chi connectivity index (χ3n) is 6.79. The second kappa shape index (κ2) is 13.8. The molecule has 0 unspecified atom stereocenters. The van der Waals surface area contributed by atoms with Gasteiger partial charge in [0.15, 0.2) is 0 Å². The number of nitrogens with zero attached hydrogens (tertiary/aromatic N) is 2. The normalized spacial score (nSPS) is 12.2. The first-order valence-corrected chi connectivity index (χ1v) is 15.2. The van der Waals surface area contributed by atoms with E-state index in [4.69, 9.17) is 11.6 Å². The van der Waals surface area contributed by atoms with Gasteiger partial charge in [-0.25, -0.2) is 8.42 Å². The number of halogens is 1. The van der Waals surface area contributed by atoms with Gasteiger partial charge < -0.3 is 10.2 Å². The summed E-state index contributed by atoms with van der Waals surface area (Å²) in [5.41, 5.74) is 2.84. The minimum Gasteiger partial charge on any atom is -0.354 e. The lowest BCUT2D eigenvalue weighted by atomic mass is 10.1. The molecule has 0 radical (unpaired) electrons. The fraction of sp³-hybridized carbons (Fsp3) is 0.355. The van der Waals surface area contributed by atoms with E-state index in [9.17, 15) is 18.0 Å². The maximum atomic E-state index is 14.1. The maximum Gasteiger partial charge on any atom is 0.264 e. The highest BCUT2D eigenvalue weighted by molar-refractivity contribution is 7.92. The lowest BCUT2D eigenvalue weighted by Crippen LogP contribution is -2.52. The Morgan fingerprint density at radius 3 is 2.17 bits per heavy atom. The van der Waals surface area contributed by atoms with E-state index in [1.54, 1.807) is 54.6 Å². The molecule has 0 heterocycles. The molecule has 3 rings (SSSR count). The molecule has 0 bridgehead atoms. The molecule has 1 atom stereocenters.